The van der Waals surface area contributed by atoms with E-state index in [1.165, 1.54) is 24.3 Å². The lowest BCUT2D eigenvalue weighted by Crippen LogP contribution is -2.25. The molecule has 0 atom stereocenters. The second-order valence-electron chi connectivity index (χ2n) is 5.57. The number of anilines is 1. The van der Waals surface area contributed by atoms with E-state index in [0.29, 0.717) is 17.4 Å². The van der Waals surface area contributed by atoms with Crippen LogP contribution in [0, 0.1) is 0 Å². The number of hydrogen-bond donors (Lipinski definition) is 0. The number of rotatable bonds is 4. The Morgan fingerprint density at radius 3 is 2.52 bits per heavy atom. The lowest BCUT2D eigenvalue weighted by atomic mass is 10.1. The molecule has 0 radical (unpaired) electrons. The zero-order chi connectivity index (χ0) is 19.6. The van der Waals surface area contributed by atoms with E-state index in [0.717, 1.165) is 11.1 Å². The molecule has 0 aromatic heterocycles. The molecule has 0 N–H and O–H groups in total. The highest BCUT2D eigenvalue weighted by Gasteiger charge is 2.46. The van der Waals surface area contributed by atoms with Crippen LogP contribution >= 0.6 is 11.6 Å². The first-order chi connectivity index (χ1) is 12.8. The van der Waals surface area contributed by atoms with E-state index in [4.69, 9.17) is 16.3 Å². The normalized spacial score (nSPS) is 16.0. The first-order valence-corrected chi connectivity index (χ1v) is 8.38. The molecule has 27 heavy (non-hydrogen) atoms. The van der Waals surface area contributed by atoms with Gasteiger partial charge in [0.25, 0.3) is 5.91 Å². The minimum atomic E-state index is -4.80. The Balaban J connectivity index is 2.11. The molecular formula is C19H14ClF3N2O2. The molecule has 0 saturated carbocycles. The molecule has 1 amide bonds. The van der Waals surface area contributed by atoms with E-state index in [1.807, 2.05) is 0 Å². The van der Waals surface area contributed by atoms with Gasteiger partial charge in [-0.1, -0.05) is 29.8 Å². The largest absolute Gasteiger partial charge is 0.493 e. The van der Waals surface area contributed by atoms with Crippen LogP contribution in [0.2, 0.25) is 5.02 Å². The number of ether oxygens (including phenoxy) is 1. The topological polar surface area (TPSA) is 41.9 Å². The second kappa shape index (κ2) is 7.44. The molecule has 0 spiro atoms. The number of amides is 1. The van der Waals surface area contributed by atoms with Crippen molar-refractivity contribution in [1.82, 2.24) is 0 Å². The van der Waals surface area contributed by atoms with Crippen molar-refractivity contribution in [3.05, 3.63) is 64.7 Å². The number of carbonyl (C=O) groups excluding carboxylic acids is 1. The van der Waals surface area contributed by atoms with Crippen molar-refractivity contribution in [1.29, 1.82) is 0 Å². The summed E-state index contributed by atoms with van der Waals surface area (Å²) in [7, 11) is 0. The van der Waals surface area contributed by atoms with Gasteiger partial charge in [-0.25, -0.2) is 0 Å². The monoisotopic (exact) mass is 394 g/mol. The zero-order valence-electron chi connectivity index (χ0n) is 14.1. The molecule has 1 aliphatic heterocycles. The fraction of sp³-hybridized carbons (Fsp3) is 0.158. The number of halogens is 4. The predicted molar refractivity (Wildman–Crippen MR) is 98.0 cm³/mol. The highest BCUT2D eigenvalue weighted by atomic mass is 35.5. The summed E-state index contributed by atoms with van der Waals surface area (Å²) in [5.74, 6) is -0.558. The van der Waals surface area contributed by atoms with Crippen molar-refractivity contribution in [2.24, 2.45) is 5.10 Å². The maximum Gasteiger partial charge on any atom is 0.435 e. The van der Waals surface area contributed by atoms with Crippen LogP contribution in [0.3, 0.4) is 0 Å². The molecule has 0 bridgehead atoms. The Kier molecular flexibility index (Phi) is 5.23. The first-order valence-electron chi connectivity index (χ1n) is 8.01. The van der Waals surface area contributed by atoms with Gasteiger partial charge in [-0.3, -0.25) is 4.79 Å². The van der Waals surface area contributed by atoms with Gasteiger partial charge in [0, 0.05) is 10.6 Å². The van der Waals surface area contributed by atoms with E-state index in [1.54, 1.807) is 31.2 Å². The highest BCUT2D eigenvalue weighted by Crippen LogP contribution is 2.34. The highest BCUT2D eigenvalue weighted by molar-refractivity contribution is 6.34. The summed E-state index contributed by atoms with van der Waals surface area (Å²) in [4.78, 5) is 12.7. The Hall–Kier alpha value is -2.80. The van der Waals surface area contributed by atoms with E-state index < -0.39 is 23.4 Å². The average Bonchev–Trinajstić information content (AvgIpc) is 2.95. The molecule has 0 unspecified atom stereocenters. The van der Waals surface area contributed by atoms with Crippen molar-refractivity contribution in [2.45, 2.75) is 13.1 Å². The third-order valence-electron chi connectivity index (χ3n) is 3.72. The number of para-hydroxylation sites is 1. The molecule has 3 rings (SSSR count). The number of benzene rings is 2. The summed E-state index contributed by atoms with van der Waals surface area (Å²) in [6.45, 7) is 2.05. The quantitative estimate of drug-likeness (QED) is 0.678. The lowest BCUT2D eigenvalue weighted by molar-refractivity contribution is -0.114. The minimum absolute atomic E-state index is 0.240. The molecule has 1 heterocycles. The van der Waals surface area contributed by atoms with Gasteiger partial charge in [0.15, 0.2) is 5.71 Å². The third-order valence-corrected chi connectivity index (χ3v) is 3.95. The molecule has 0 fully saturated rings. The minimum Gasteiger partial charge on any atom is -0.493 e. The summed E-state index contributed by atoms with van der Waals surface area (Å²) in [6, 6.07) is 12.4. The van der Waals surface area contributed by atoms with Gasteiger partial charge in [-0.15, -0.1) is 0 Å². The molecule has 1 aliphatic rings. The number of alkyl halides is 3. The molecule has 8 heteroatoms. The Morgan fingerprint density at radius 2 is 1.89 bits per heavy atom. The number of hydrazone groups is 1. The lowest BCUT2D eigenvalue weighted by Gasteiger charge is -2.11. The van der Waals surface area contributed by atoms with Gasteiger partial charge in [0.1, 0.15) is 5.75 Å². The van der Waals surface area contributed by atoms with Gasteiger partial charge in [0.05, 0.1) is 17.9 Å². The van der Waals surface area contributed by atoms with Gasteiger partial charge in [0.2, 0.25) is 0 Å². The number of carbonyl (C=O) groups is 1. The third kappa shape index (κ3) is 3.98. The van der Waals surface area contributed by atoms with Crippen molar-refractivity contribution in [3.8, 4) is 5.75 Å². The molecule has 0 saturated heterocycles. The van der Waals surface area contributed by atoms with Crippen molar-refractivity contribution in [2.75, 3.05) is 11.6 Å². The number of nitrogens with zero attached hydrogens (tertiary/aromatic N) is 2. The van der Waals surface area contributed by atoms with E-state index >= 15 is 0 Å². The molecular weight excluding hydrogens is 381 g/mol. The summed E-state index contributed by atoms with van der Waals surface area (Å²) in [5, 5.41) is 4.56. The van der Waals surface area contributed by atoms with Gasteiger partial charge in [-0.2, -0.15) is 23.3 Å². The molecule has 2 aromatic carbocycles. The van der Waals surface area contributed by atoms with Crippen molar-refractivity contribution in [3.63, 3.8) is 0 Å². The summed E-state index contributed by atoms with van der Waals surface area (Å²) < 4.78 is 45.9. The first kappa shape index (κ1) is 19.0. The van der Waals surface area contributed by atoms with E-state index in [-0.39, 0.29) is 11.3 Å². The van der Waals surface area contributed by atoms with Crippen molar-refractivity contribution < 1.29 is 22.7 Å². The molecule has 4 nitrogen and oxygen atoms in total. The van der Waals surface area contributed by atoms with Gasteiger partial charge < -0.3 is 4.74 Å². The Morgan fingerprint density at radius 1 is 1.19 bits per heavy atom. The maximum atomic E-state index is 13.5. The smallest absolute Gasteiger partial charge is 0.435 e. The van der Waals surface area contributed by atoms with E-state index in [2.05, 4.69) is 5.10 Å². The predicted octanol–water partition coefficient (Wildman–Crippen LogP) is 5.09. The van der Waals surface area contributed by atoms with Crippen LogP contribution in [0.5, 0.6) is 5.75 Å². The maximum absolute atomic E-state index is 13.5. The van der Waals surface area contributed by atoms with Crippen LogP contribution in [0.25, 0.3) is 6.08 Å². The van der Waals surface area contributed by atoms with Crippen LogP contribution in [0.15, 0.2) is 59.2 Å². The van der Waals surface area contributed by atoms with Gasteiger partial charge >= 0.3 is 6.18 Å². The van der Waals surface area contributed by atoms with Crippen LogP contribution in [-0.4, -0.2) is 24.4 Å². The summed E-state index contributed by atoms with van der Waals surface area (Å²) in [6.07, 6.45) is -3.69. The van der Waals surface area contributed by atoms with E-state index in [9.17, 15) is 18.0 Å². The van der Waals surface area contributed by atoms with Crippen molar-refractivity contribution >= 4 is 35.0 Å². The van der Waals surface area contributed by atoms with Crippen LogP contribution < -0.4 is 9.75 Å². The molecule has 2 aromatic rings. The standard InChI is InChI=1S/C19H14ClF3N2O2/c1-2-27-16-9-8-13(20)10-12(16)11-15-17(19(21,22)23)24-25(18(15)26)14-6-4-3-5-7-14/h3-11H,2H2,1H3/b15-11-. The molecule has 140 valence electrons. The van der Waals surface area contributed by atoms with Gasteiger partial charge in [-0.05, 0) is 43.3 Å². The molecule has 0 aliphatic carbocycles. The fourth-order valence-corrected chi connectivity index (χ4v) is 2.75. The average molecular weight is 395 g/mol. The van der Waals surface area contributed by atoms with Crippen LogP contribution in [0.1, 0.15) is 12.5 Å². The van der Waals surface area contributed by atoms with Crippen LogP contribution in [-0.2, 0) is 4.79 Å². The fourth-order valence-electron chi connectivity index (χ4n) is 2.57. The Bertz CT molecular complexity index is 924. The second-order valence-corrected chi connectivity index (χ2v) is 6.01. The van der Waals surface area contributed by atoms with Crippen LogP contribution in [0.4, 0.5) is 18.9 Å². The summed E-state index contributed by atoms with van der Waals surface area (Å²) >= 11 is 5.96. The zero-order valence-corrected chi connectivity index (χ0v) is 14.9. The SMILES string of the molecule is CCOc1ccc(Cl)cc1/C=C1\C(=O)N(c2ccccc2)N=C1C(F)(F)F. The summed E-state index contributed by atoms with van der Waals surface area (Å²) in [5.41, 5.74) is -1.34. The Labute approximate surface area is 158 Å². The number of hydrogen-bond acceptors (Lipinski definition) is 3.